The molecule has 2 aromatic carbocycles. The summed E-state index contributed by atoms with van der Waals surface area (Å²) in [6.45, 7) is 8.24. The highest BCUT2D eigenvalue weighted by atomic mass is 79.9. The molecule has 0 radical (unpaired) electrons. The van der Waals surface area contributed by atoms with Crippen LogP contribution in [0.25, 0.3) is 0 Å². The highest BCUT2D eigenvalue weighted by Gasteiger charge is 2.29. The van der Waals surface area contributed by atoms with Crippen LogP contribution in [0, 0.1) is 13.8 Å². The molecule has 1 atom stereocenters. The van der Waals surface area contributed by atoms with Gasteiger partial charge in [0.05, 0.1) is 0 Å². The number of ether oxygens (including phenoxy) is 1. The van der Waals surface area contributed by atoms with Gasteiger partial charge in [0, 0.05) is 22.6 Å². The quantitative estimate of drug-likeness (QED) is 0.530. The Labute approximate surface area is 191 Å². The lowest BCUT2D eigenvalue weighted by Crippen LogP contribution is -2.50. The Morgan fingerprint density at radius 3 is 2.37 bits per heavy atom. The monoisotopic (exact) mass is 494 g/mol. The van der Waals surface area contributed by atoms with Gasteiger partial charge >= 0.3 is 0 Å². The maximum absolute atomic E-state index is 13.1. The van der Waals surface area contributed by atoms with Gasteiger partial charge in [0.15, 0.2) is 6.61 Å². The average molecular weight is 496 g/mol. The summed E-state index contributed by atoms with van der Waals surface area (Å²) in [5.74, 6) is 0.160. The number of rotatable bonds is 9. The number of amides is 2. The molecule has 0 aliphatic rings. The standard InChI is InChI=1S/C23H28BrClN2O3/c1-5-20(23(29)26-6-2)27(13-17-9-7-8-10-19(17)25)21(28)14-30-18-11-15(3)22(24)16(4)12-18/h7-12,20H,5-6,13-14H2,1-4H3,(H,26,29)/t20-/m1/s1. The predicted octanol–water partition coefficient (Wildman–Crippen LogP) is 5.04. The molecule has 0 spiro atoms. The number of carbonyl (C=O) groups excluding carboxylic acids is 2. The molecule has 0 aliphatic heterocycles. The van der Waals surface area contributed by atoms with Gasteiger partial charge in [-0.05, 0) is 62.1 Å². The lowest BCUT2D eigenvalue weighted by atomic mass is 10.1. The van der Waals surface area contributed by atoms with Crippen molar-refractivity contribution in [3.63, 3.8) is 0 Å². The SMILES string of the molecule is CCNC(=O)[C@@H](CC)N(Cc1ccccc1Cl)C(=O)COc1cc(C)c(Br)c(C)c1. The third kappa shape index (κ3) is 6.22. The van der Waals surface area contributed by atoms with E-state index in [1.54, 1.807) is 11.0 Å². The molecule has 162 valence electrons. The van der Waals surface area contributed by atoms with Crippen LogP contribution in [-0.2, 0) is 16.1 Å². The first-order chi connectivity index (χ1) is 14.3. The molecule has 2 aromatic rings. The summed E-state index contributed by atoms with van der Waals surface area (Å²) in [5, 5.41) is 3.37. The minimum atomic E-state index is -0.606. The van der Waals surface area contributed by atoms with Crippen molar-refractivity contribution in [3.8, 4) is 5.75 Å². The van der Waals surface area contributed by atoms with Crippen molar-refractivity contribution in [1.29, 1.82) is 0 Å². The fourth-order valence-corrected chi connectivity index (χ4v) is 3.66. The first kappa shape index (κ1) is 24.2. The van der Waals surface area contributed by atoms with Crippen molar-refractivity contribution in [1.82, 2.24) is 10.2 Å². The van der Waals surface area contributed by atoms with Gasteiger partial charge in [-0.3, -0.25) is 9.59 Å². The molecule has 1 N–H and O–H groups in total. The number of hydrogen-bond donors (Lipinski definition) is 1. The van der Waals surface area contributed by atoms with Crippen molar-refractivity contribution in [2.45, 2.75) is 46.7 Å². The van der Waals surface area contributed by atoms with Crippen LogP contribution < -0.4 is 10.1 Å². The van der Waals surface area contributed by atoms with E-state index < -0.39 is 6.04 Å². The smallest absolute Gasteiger partial charge is 0.261 e. The van der Waals surface area contributed by atoms with E-state index in [1.165, 1.54) is 0 Å². The van der Waals surface area contributed by atoms with Crippen molar-refractivity contribution in [3.05, 3.63) is 62.6 Å². The molecule has 0 saturated carbocycles. The summed E-state index contributed by atoms with van der Waals surface area (Å²) in [6, 6.07) is 10.5. The second kappa shape index (κ2) is 11.4. The lowest BCUT2D eigenvalue weighted by Gasteiger charge is -2.30. The zero-order chi connectivity index (χ0) is 22.3. The minimum absolute atomic E-state index is 0.166. The zero-order valence-electron chi connectivity index (χ0n) is 17.8. The number of aryl methyl sites for hydroxylation is 2. The molecule has 2 rings (SSSR count). The van der Waals surface area contributed by atoms with Crippen LogP contribution in [0.2, 0.25) is 5.02 Å². The molecule has 30 heavy (non-hydrogen) atoms. The third-order valence-corrected chi connectivity index (χ3v) is 6.43. The number of likely N-dealkylation sites (N-methyl/N-ethyl adjacent to an activating group) is 1. The van der Waals surface area contributed by atoms with E-state index in [0.717, 1.165) is 21.2 Å². The normalized spacial score (nSPS) is 11.7. The van der Waals surface area contributed by atoms with Crippen LogP contribution >= 0.6 is 27.5 Å². The predicted molar refractivity (Wildman–Crippen MR) is 124 cm³/mol. The summed E-state index contributed by atoms with van der Waals surface area (Å²) in [5.41, 5.74) is 2.84. The molecule has 0 unspecified atom stereocenters. The van der Waals surface area contributed by atoms with E-state index in [0.29, 0.717) is 23.7 Å². The molecular weight excluding hydrogens is 468 g/mol. The van der Waals surface area contributed by atoms with Crippen LogP contribution in [0.3, 0.4) is 0 Å². The topological polar surface area (TPSA) is 58.6 Å². The molecule has 0 bridgehead atoms. The van der Waals surface area contributed by atoms with Crippen LogP contribution in [0.1, 0.15) is 37.0 Å². The van der Waals surface area contributed by atoms with E-state index >= 15 is 0 Å². The van der Waals surface area contributed by atoms with Crippen molar-refractivity contribution >= 4 is 39.3 Å². The number of nitrogens with zero attached hydrogens (tertiary/aromatic N) is 1. The largest absolute Gasteiger partial charge is 0.484 e. The van der Waals surface area contributed by atoms with E-state index in [1.807, 2.05) is 58.0 Å². The Morgan fingerprint density at radius 2 is 1.80 bits per heavy atom. The van der Waals surface area contributed by atoms with E-state index in [4.69, 9.17) is 16.3 Å². The van der Waals surface area contributed by atoms with Crippen molar-refractivity contribution in [2.24, 2.45) is 0 Å². The van der Waals surface area contributed by atoms with E-state index in [9.17, 15) is 9.59 Å². The summed E-state index contributed by atoms with van der Waals surface area (Å²) < 4.78 is 6.81. The Hall–Kier alpha value is -2.05. The number of benzene rings is 2. The number of hydrogen-bond acceptors (Lipinski definition) is 3. The molecular formula is C23H28BrClN2O3. The summed E-state index contributed by atoms with van der Waals surface area (Å²) in [7, 11) is 0. The maximum atomic E-state index is 13.1. The number of nitrogens with one attached hydrogen (secondary N) is 1. The second-order valence-electron chi connectivity index (χ2n) is 7.09. The maximum Gasteiger partial charge on any atom is 0.261 e. The van der Waals surface area contributed by atoms with Crippen LogP contribution in [-0.4, -0.2) is 35.9 Å². The third-order valence-electron chi connectivity index (χ3n) is 4.81. The Bertz CT molecular complexity index is 881. The van der Waals surface area contributed by atoms with Crippen molar-refractivity contribution < 1.29 is 14.3 Å². The van der Waals surface area contributed by atoms with E-state index in [2.05, 4.69) is 21.2 Å². The first-order valence-electron chi connectivity index (χ1n) is 9.98. The molecule has 5 nitrogen and oxygen atoms in total. The highest BCUT2D eigenvalue weighted by molar-refractivity contribution is 9.10. The van der Waals surface area contributed by atoms with Gasteiger partial charge in [0.25, 0.3) is 5.91 Å². The molecule has 0 aromatic heterocycles. The van der Waals surface area contributed by atoms with Gasteiger partial charge in [0.2, 0.25) is 5.91 Å². The summed E-state index contributed by atoms with van der Waals surface area (Å²) in [6.07, 6.45) is 0.485. The summed E-state index contributed by atoms with van der Waals surface area (Å²) >= 11 is 9.84. The van der Waals surface area contributed by atoms with E-state index in [-0.39, 0.29) is 25.0 Å². The van der Waals surface area contributed by atoms with Crippen LogP contribution in [0.4, 0.5) is 0 Å². The molecule has 0 heterocycles. The molecule has 7 heteroatoms. The fourth-order valence-electron chi connectivity index (χ4n) is 3.24. The Kier molecular flexibility index (Phi) is 9.18. The number of carbonyl (C=O) groups is 2. The molecule has 0 aliphatic carbocycles. The van der Waals surface area contributed by atoms with Gasteiger partial charge in [-0.2, -0.15) is 0 Å². The van der Waals surface area contributed by atoms with Gasteiger partial charge in [0.1, 0.15) is 11.8 Å². The zero-order valence-corrected chi connectivity index (χ0v) is 20.1. The van der Waals surface area contributed by atoms with Gasteiger partial charge < -0.3 is 15.0 Å². The van der Waals surface area contributed by atoms with Gasteiger partial charge in [-0.25, -0.2) is 0 Å². The number of halogens is 2. The Balaban J connectivity index is 2.24. The molecule has 2 amide bonds. The second-order valence-corrected chi connectivity index (χ2v) is 8.29. The lowest BCUT2D eigenvalue weighted by molar-refractivity contribution is -0.142. The van der Waals surface area contributed by atoms with Gasteiger partial charge in [-0.1, -0.05) is 52.7 Å². The summed E-state index contributed by atoms with van der Waals surface area (Å²) in [4.78, 5) is 27.3. The van der Waals surface area contributed by atoms with Gasteiger partial charge in [-0.15, -0.1) is 0 Å². The first-order valence-corrected chi connectivity index (χ1v) is 11.2. The Morgan fingerprint density at radius 1 is 1.17 bits per heavy atom. The minimum Gasteiger partial charge on any atom is -0.484 e. The van der Waals surface area contributed by atoms with Crippen molar-refractivity contribution in [2.75, 3.05) is 13.2 Å². The molecule has 0 fully saturated rings. The molecule has 0 saturated heterocycles. The highest BCUT2D eigenvalue weighted by Crippen LogP contribution is 2.26. The van der Waals surface area contributed by atoms with Crippen LogP contribution in [0.5, 0.6) is 5.75 Å². The van der Waals surface area contributed by atoms with Crippen LogP contribution in [0.15, 0.2) is 40.9 Å². The average Bonchev–Trinajstić information content (AvgIpc) is 2.71. The fraction of sp³-hybridized carbons (Fsp3) is 0.391.